The van der Waals surface area contributed by atoms with Crippen molar-refractivity contribution in [3.05, 3.63) is 0 Å². The minimum atomic E-state index is -1.39. The second-order valence-electron chi connectivity index (χ2n) is 3.29. The van der Waals surface area contributed by atoms with Crippen LogP contribution >= 0.6 is 12.6 Å². The number of hydrogen-bond donors (Lipinski definition) is 5. The molecule has 0 radical (unpaired) electrons. The Hall–Kier alpha value is 0.110. The lowest BCUT2D eigenvalue weighted by Crippen LogP contribution is -2.59. The van der Waals surface area contributed by atoms with Gasteiger partial charge in [0.1, 0.15) is 24.4 Å². The fraction of sp³-hybridized carbons (Fsp3) is 1.00. The van der Waals surface area contributed by atoms with E-state index in [2.05, 4.69) is 12.6 Å². The number of ether oxygens (including phenoxy) is 2. The molecule has 1 rings (SSSR count). The first-order chi connectivity index (χ1) is 7.11. The summed E-state index contributed by atoms with van der Waals surface area (Å²) in [5, 5.41) is 37.2. The fourth-order valence-corrected chi connectivity index (χ4v) is 1.48. The van der Waals surface area contributed by atoms with Crippen molar-refractivity contribution in [3.63, 3.8) is 0 Å². The molecule has 0 aromatic rings. The molecule has 0 saturated carbocycles. The van der Waals surface area contributed by atoms with Gasteiger partial charge >= 0.3 is 0 Å². The predicted molar refractivity (Wildman–Crippen MR) is 53.6 cm³/mol. The molecule has 5 atom stereocenters. The standard InChI is InChI=1S/C8H16O6S/c9-3-4-5(10)6(11)7(12)8(14-4)13-1-2-15/h4-12,15H,1-3H2/t4?,5-,6?,7-,8+/m0/s1. The third-order valence-electron chi connectivity index (χ3n) is 2.22. The Kier molecular flexibility index (Phi) is 5.27. The van der Waals surface area contributed by atoms with Crippen LogP contribution < -0.4 is 0 Å². The molecule has 0 spiro atoms. The number of rotatable bonds is 4. The molecule has 90 valence electrons. The molecule has 15 heavy (non-hydrogen) atoms. The number of aliphatic hydroxyl groups excluding tert-OH is 4. The van der Waals surface area contributed by atoms with Gasteiger partial charge in [0.05, 0.1) is 13.2 Å². The lowest BCUT2D eigenvalue weighted by molar-refractivity contribution is -0.299. The lowest BCUT2D eigenvalue weighted by atomic mass is 9.99. The summed E-state index contributed by atoms with van der Waals surface area (Å²) in [7, 11) is 0. The molecule has 1 aliphatic heterocycles. The molecule has 0 amide bonds. The minimum Gasteiger partial charge on any atom is -0.394 e. The zero-order valence-electron chi connectivity index (χ0n) is 8.06. The quantitative estimate of drug-likeness (QED) is 0.355. The van der Waals surface area contributed by atoms with Crippen LogP contribution in [0.4, 0.5) is 0 Å². The molecule has 0 aromatic carbocycles. The molecular formula is C8H16O6S. The van der Waals surface area contributed by atoms with Crippen LogP contribution in [0.25, 0.3) is 0 Å². The van der Waals surface area contributed by atoms with Gasteiger partial charge in [-0.2, -0.15) is 12.6 Å². The number of aliphatic hydroxyl groups is 4. The van der Waals surface area contributed by atoms with Crippen LogP contribution in [0.2, 0.25) is 0 Å². The predicted octanol–water partition coefficient (Wildman–Crippen LogP) is -2.27. The summed E-state index contributed by atoms with van der Waals surface area (Å²) in [4.78, 5) is 0. The van der Waals surface area contributed by atoms with Gasteiger partial charge in [-0.15, -0.1) is 0 Å². The van der Waals surface area contributed by atoms with Crippen molar-refractivity contribution in [1.29, 1.82) is 0 Å². The number of thiol groups is 1. The van der Waals surface area contributed by atoms with Gasteiger partial charge < -0.3 is 29.9 Å². The summed E-state index contributed by atoms with van der Waals surface area (Å²) in [6, 6.07) is 0. The third kappa shape index (κ3) is 3.04. The van der Waals surface area contributed by atoms with Crippen LogP contribution in [0.15, 0.2) is 0 Å². The minimum absolute atomic E-state index is 0.242. The van der Waals surface area contributed by atoms with Crippen LogP contribution in [-0.4, -0.2) is 70.1 Å². The molecular weight excluding hydrogens is 224 g/mol. The van der Waals surface area contributed by atoms with Gasteiger partial charge in [-0.25, -0.2) is 0 Å². The molecule has 0 aliphatic carbocycles. The Bertz CT molecular complexity index is 190. The lowest BCUT2D eigenvalue weighted by Gasteiger charge is -2.39. The fourth-order valence-electron chi connectivity index (χ4n) is 1.37. The van der Waals surface area contributed by atoms with Crippen molar-refractivity contribution in [2.24, 2.45) is 0 Å². The summed E-state index contributed by atoms with van der Waals surface area (Å²) < 4.78 is 10.1. The van der Waals surface area contributed by atoms with Gasteiger partial charge in [0.2, 0.25) is 0 Å². The molecule has 1 heterocycles. The monoisotopic (exact) mass is 240 g/mol. The van der Waals surface area contributed by atoms with E-state index >= 15 is 0 Å². The van der Waals surface area contributed by atoms with E-state index in [-0.39, 0.29) is 6.61 Å². The normalized spacial score (nSPS) is 41.8. The summed E-state index contributed by atoms with van der Waals surface area (Å²) in [5.74, 6) is 0.440. The van der Waals surface area contributed by atoms with E-state index in [9.17, 15) is 15.3 Å². The van der Waals surface area contributed by atoms with Gasteiger partial charge in [-0.1, -0.05) is 0 Å². The van der Waals surface area contributed by atoms with Crippen molar-refractivity contribution in [3.8, 4) is 0 Å². The van der Waals surface area contributed by atoms with Gasteiger partial charge in [-0.3, -0.25) is 0 Å². The van der Waals surface area contributed by atoms with E-state index in [1.165, 1.54) is 0 Å². The highest BCUT2D eigenvalue weighted by molar-refractivity contribution is 7.80. The summed E-state index contributed by atoms with van der Waals surface area (Å²) >= 11 is 3.91. The van der Waals surface area contributed by atoms with Crippen molar-refractivity contribution in [2.45, 2.75) is 30.7 Å². The van der Waals surface area contributed by atoms with Gasteiger partial charge in [0.15, 0.2) is 6.29 Å². The smallest absolute Gasteiger partial charge is 0.186 e. The average molecular weight is 240 g/mol. The molecule has 4 N–H and O–H groups in total. The second kappa shape index (κ2) is 6.00. The van der Waals surface area contributed by atoms with Crippen molar-refractivity contribution in [2.75, 3.05) is 19.0 Å². The highest BCUT2D eigenvalue weighted by Gasteiger charge is 2.43. The maximum absolute atomic E-state index is 9.48. The Balaban J connectivity index is 2.57. The van der Waals surface area contributed by atoms with E-state index in [0.29, 0.717) is 5.75 Å². The molecule has 1 aliphatic rings. The highest BCUT2D eigenvalue weighted by atomic mass is 32.1. The summed E-state index contributed by atoms with van der Waals surface area (Å²) in [6.07, 6.45) is -6.04. The molecule has 2 unspecified atom stereocenters. The Morgan fingerprint density at radius 2 is 1.80 bits per heavy atom. The van der Waals surface area contributed by atoms with E-state index in [1.54, 1.807) is 0 Å². The van der Waals surface area contributed by atoms with Crippen molar-refractivity contribution >= 4 is 12.6 Å². The van der Waals surface area contributed by atoms with Crippen LogP contribution in [-0.2, 0) is 9.47 Å². The highest BCUT2D eigenvalue weighted by Crippen LogP contribution is 2.21. The molecule has 6 nitrogen and oxygen atoms in total. The Morgan fingerprint density at radius 3 is 2.33 bits per heavy atom. The van der Waals surface area contributed by atoms with Crippen LogP contribution in [0, 0.1) is 0 Å². The summed E-state index contributed by atoms with van der Waals surface area (Å²) in [6.45, 7) is -0.211. The maximum atomic E-state index is 9.48. The molecule has 0 bridgehead atoms. The van der Waals surface area contributed by atoms with E-state index in [1.807, 2.05) is 0 Å². The summed E-state index contributed by atoms with van der Waals surface area (Å²) in [5.41, 5.74) is 0. The van der Waals surface area contributed by atoms with Crippen LogP contribution in [0.5, 0.6) is 0 Å². The van der Waals surface area contributed by atoms with Crippen molar-refractivity contribution in [1.82, 2.24) is 0 Å². The van der Waals surface area contributed by atoms with Gasteiger partial charge in [0.25, 0.3) is 0 Å². The first-order valence-electron chi connectivity index (χ1n) is 4.64. The van der Waals surface area contributed by atoms with E-state index in [0.717, 1.165) is 0 Å². The third-order valence-corrected chi connectivity index (χ3v) is 2.40. The SMILES string of the molecule is OCC1O[C@@H](OCCS)[C@@H](O)C(O)[C@H]1O. The van der Waals surface area contributed by atoms with Gasteiger partial charge in [0, 0.05) is 5.75 Å². The van der Waals surface area contributed by atoms with Gasteiger partial charge in [-0.05, 0) is 0 Å². The largest absolute Gasteiger partial charge is 0.394 e. The zero-order valence-corrected chi connectivity index (χ0v) is 8.96. The molecule has 7 heteroatoms. The molecule has 1 saturated heterocycles. The number of hydrogen-bond acceptors (Lipinski definition) is 7. The van der Waals surface area contributed by atoms with Crippen LogP contribution in [0.1, 0.15) is 0 Å². The molecule has 1 fully saturated rings. The first kappa shape index (κ1) is 13.2. The Labute approximate surface area is 92.8 Å². The Morgan fingerprint density at radius 1 is 1.13 bits per heavy atom. The van der Waals surface area contributed by atoms with Crippen LogP contribution in [0.3, 0.4) is 0 Å². The zero-order chi connectivity index (χ0) is 11.4. The maximum Gasteiger partial charge on any atom is 0.186 e. The average Bonchev–Trinajstić information content (AvgIpc) is 2.25. The van der Waals surface area contributed by atoms with E-state index in [4.69, 9.17) is 14.6 Å². The topological polar surface area (TPSA) is 99.4 Å². The van der Waals surface area contributed by atoms with E-state index < -0.39 is 37.3 Å². The second-order valence-corrected chi connectivity index (χ2v) is 3.74. The molecule has 0 aromatic heterocycles. The first-order valence-corrected chi connectivity index (χ1v) is 5.28. The van der Waals surface area contributed by atoms with Crippen molar-refractivity contribution < 1.29 is 29.9 Å².